The Hall–Kier alpha value is -1.13. The van der Waals surface area contributed by atoms with Gasteiger partial charge >= 0.3 is 0 Å². The lowest BCUT2D eigenvalue weighted by Crippen LogP contribution is -2.13. The molecule has 0 radical (unpaired) electrons. The number of furan rings is 1. The lowest BCUT2D eigenvalue weighted by Gasteiger charge is -2.12. The molecule has 0 fully saturated rings. The molecule has 0 saturated heterocycles. The minimum atomic E-state index is -0.280. The lowest BCUT2D eigenvalue weighted by molar-refractivity contribution is 0.486. The van der Waals surface area contributed by atoms with Gasteiger partial charge in [-0.15, -0.1) is 0 Å². The van der Waals surface area contributed by atoms with Crippen LogP contribution in [0.15, 0.2) is 33.4 Å². The van der Waals surface area contributed by atoms with E-state index in [0.29, 0.717) is 0 Å². The number of nitrogens with zero attached hydrogens (tertiary/aromatic N) is 1. The van der Waals surface area contributed by atoms with Gasteiger partial charge in [-0.25, -0.2) is 0 Å². The first-order valence-electron chi connectivity index (χ1n) is 5.02. The summed E-state index contributed by atoms with van der Waals surface area (Å²) in [7, 11) is 0. The van der Waals surface area contributed by atoms with Crippen molar-refractivity contribution in [2.24, 2.45) is 5.73 Å². The number of aryl methyl sites for hydroxylation is 2. The van der Waals surface area contributed by atoms with Crippen LogP contribution in [0.5, 0.6) is 0 Å². The van der Waals surface area contributed by atoms with Crippen molar-refractivity contribution in [3.05, 3.63) is 51.6 Å². The van der Waals surface area contributed by atoms with Crippen LogP contribution in [0.1, 0.15) is 28.8 Å². The van der Waals surface area contributed by atoms with Crippen LogP contribution in [0.3, 0.4) is 0 Å². The van der Waals surface area contributed by atoms with Crippen molar-refractivity contribution in [1.82, 2.24) is 4.98 Å². The average molecular weight is 281 g/mol. The Morgan fingerprint density at radius 1 is 1.31 bits per heavy atom. The molecule has 0 aliphatic carbocycles. The Morgan fingerprint density at radius 2 is 2.06 bits per heavy atom. The van der Waals surface area contributed by atoms with E-state index < -0.39 is 0 Å². The van der Waals surface area contributed by atoms with E-state index in [4.69, 9.17) is 10.2 Å². The standard InChI is InChI=1S/C12H13BrN2O/c1-7-3-4-9(8(2)15-7)11(14)12-10(13)5-6-16-12/h3-6,11H,14H2,1-2H3. The zero-order chi connectivity index (χ0) is 11.7. The number of aromatic nitrogens is 1. The Kier molecular flexibility index (Phi) is 3.12. The van der Waals surface area contributed by atoms with Crippen LogP contribution in [0.2, 0.25) is 0 Å². The molecule has 0 aliphatic heterocycles. The second kappa shape index (κ2) is 4.39. The first-order chi connectivity index (χ1) is 7.59. The summed E-state index contributed by atoms with van der Waals surface area (Å²) >= 11 is 3.41. The van der Waals surface area contributed by atoms with Gasteiger partial charge < -0.3 is 10.2 Å². The van der Waals surface area contributed by atoms with Gasteiger partial charge in [0.25, 0.3) is 0 Å². The molecule has 2 aromatic heterocycles. The number of hydrogen-bond acceptors (Lipinski definition) is 3. The number of nitrogens with two attached hydrogens (primary N) is 1. The van der Waals surface area contributed by atoms with Crippen LogP contribution >= 0.6 is 15.9 Å². The summed E-state index contributed by atoms with van der Waals surface area (Å²) in [6.07, 6.45) is 1.62. The SMILES string of the molecule is Cc1ccc(C(N)c2occc2Br)c(C)n1. The fraction of sp³-hybridized carbons (Fsp3) is 0.250. The van der Waals surface area contributed by atoms with E-state index >= 15 is 0 Å². The van der Waals surface area contributed by atoms with E-state index in [9.17, 15) is 0 Å². The Balaban J connectivity index is 2.41. The number of hydrogen-bond donors (Lipinski definition) is 1. The number of rotatable bonds is 2. The first-order valence-corrected chi connectivity index (χ1v) is 5.81. The monoisotopic (exact) mass is 280 g/mol. The maximum Gasteiger partial charge on any atom is 0.139 e. The molecule has 0 aliphatic rings. The fourth-order valence-corrected chi connectivity index (χ4v) is 2.14. The van der Waals surface area contributed by atoms with Crippen LogP contribution in [0.25, 0.3) is 0 Å². The van der Waals surface area contributed by atoms with Gasteiger partial charge in [0.2, 0.25) is 0 Å². The largest absolute Gasteiger partial charge is 0.466 e. The highest BCUT2D eigenvalue weighted by molar-refractivity contribution is 9.10. The van der Waals surface area contributed by atoms with Crippen LogP contribution in [-0.2, 0) is 0 Å². The molecule has 0 bridgehead atoms. The highest BCUT2D eigenvalue weighted by atomic mass is 79.9. The summed E-state index contributed by atoms with van der Waals surface area (Å²) in [6, 6.07) is 5.51. The van der Waals surface area contributed by atoms with Gasteiger partial charge in [-0.05, 0) is 47.5 Å². The summed E-state index contributed by atoms with van der Waals surface area (Å²) in [6.45, 7) is 3.92. The zero-order valence-electron chi connectivity index (χ0n) is 9.20. The molecule has 16 heavy (non-hydrogen) atoms. The first kappa shape index (κ1) is 11.4. The molecule has 2 N–H and O–H groups in total. The van der Waals surface area contributed by atoms with Crippen molar-refractivity contribution in [3.8, 4) is 0 Å². The third-order valence-corrected chi connectivity index (χ3v) is 3.18. The van der Waals surface area contributed by atoms with E-state index in [-0.39, 0.29) is 6.04 Å². The summed E-state index contributed by atoms with van der Waals surface area (Å²) in [5.74, 6) is 0.730. The van der Waals surface area contributed by atoms with Crippen molar-refractivity contribution >= 4 is 15.9 Å². The highest BCUT2D eigenvalue weighted by Crippen LogP contribution is 2.28. The average Bonchev–Trinajstić information content (AvgIpc) is 2.63. The molecule has 2 heterocycles. The van der Waals surface area contributed by atoms with Gasteiger partial charge in [-0.1, -0.05) is 6.07 Å². The van der Waals surface area contributed by atoms with Gasteiger partial charge in [0.05, 0.1) is 16.8 Å². The van der Waals surface area contributed by atoms with Gasteiger partial charge in [-0.3, -0.25) is 4.98 Å². The normalized spacial score (nSPS) is 12.8. The molecule has 1 unspecified atom stereocenters. The van der Waals surface area contributed by atoms with Gasteiger partial charge in [0, 0.05) is 11.4 Å². The Labute approximate surface area is 103 Å². The van der Waals surface area contributed by atoms with Crippen LogP contribution in [0, 0.1) is 13.8 Å². The third-order valence-electron chi connectivity index (χ3n) is 2.53. The maximum absolute atomic E-state index is 6.15. The molecule has 84 valence electrons. The van der Waals surface area contributed by atoms with Crippen molar-refractivity contribution in [2.45, 2.75) is 19.9 Å². The molecule has 2 aromatic rings. The van der Waals surface area contributed by atoms with E-state index in [1.807, 2.05) is 32.0 Å². The van der Waals surface area contributed by atoms with Gasteiger partial charge in [-0.2, -0.15) is 0 Å². The van der Waals surface area contributed by atoms with E-state index in [1.165, 1.54) is 0 Å². The Bertz CT molecular complexity index is 507. The lowest BCUT2D eigenvalue weighted by atomic mass is 10.0. The summed E-state index contributed by atoms with van der Waals surface area (Å²) < 4.78 is 6.25. The molecule has 4 heteroatoms. The molecule has 0 saturated carbocycles. The van der Waals surface area contributed by atoms with E-state index in [2.05, 4.69) is 20.9 Å². The molecule has 0 aromatic carbocycles. The topological polar surface area (TPSA) is 52.0 Å². The van der Waals surface area contributed by atoms with Gasteiger partial charge in [0.1, 0.15) is 5.76 Å². The molecular formula is C12H13BrN2O. The molecule has 0 amide bonds. The molecule has 1 atom stereocenters. The second-order valence-electron chi connectivity index (χ2n) is 3.74. The molecule has 3 nitrogen and oxygen atoms in total. The fourth-order valence-electron chi connectivity index (χ4n) is 1.69. The quantitative estimate of drug-likeness (QED) is 0.920. The van der Waals surface area contributed by atoms with Gasteiger partial charge in [0.15, 0.2) is 0 Å². The third kappa shape index (κ3) is 2.03. The number of pyridine rings is 1. The smallest absolute Gasteiger partial charge is 0.139 e. The minimum Gasteiger partial charge on any atom is -0.466 e. The molecule has 2 rings (SSSR count). The van der Waals surface area contributed by atoms with Crippen LogP contribution < -0.4 is 5.73 Å². The maximum atomic E-state index is 6.15. The van der Waals surface area contributed by atoms with Crippen molar-refractivity contribution in [3.63, 3.8) is 0 Å². The van der Waals surface area contributed by atoms with Crippen molar-refractivity contribution in [2.75, 3.05) is 0 Å². The predicted octanol–water partition coefficient (Wildman–Crippen LogP) is 3.10. The van der Waals surface area contributed by atoms with Crippen LogP contribution in [0.4, 0.5) is 0 Å². The summed E-state index contributed by atoms with van der Waals surface area (Å²) in [4.78, 5) is 4.40. The van der Waals surface area contributed by atoms with Crippen LogP contribution in [-0.4, -0.2) is 4.98 Å². The van der Waals surface area contributed by atoms with Crippen molar-refractivity contribution < 1.29 is 4.42 Å². The summed E-state index contributed by atoms with van der Waals surface area (Å²) in [5, 5.41) is 0. The highest BCUT2D eigenvalue weighted by Gasteiger charge is 2.17. The minimum absolute atomic E-state index is 0.280. The Morgan fingerprint density at radius 3 is 2.62 bits per heavy atom. The zero-order valence-corrected chi connectivity index (χ0v) is 10.8. The second-order valence-corrected chi connectivity index (χ2v) is 4.59. The molecular weight excluding hydrogens is 268 g/mol. The van der Waals surface area contributed by atoms with E-state index in [1.54, 1.807) is 6.26 Å². The summed E-state index contributed by atoms with van der Waals surface area (Å²) in [5.41, 5.74) is 9.07. The predicted molar refractivity (Wildman–Crippen MR) is 66.1 cm³/mol. The molecule has 0 spiro atoms. The van der Waals surface area contributed by atoms with E-state index in [0.717, 1.165) is 27.2 Å². The van der Waals surface area contributed by atoms with Crippen molar-refractivity contribution in [1.29, 1.82) is 0 Å². The number of halogens is 1.